The van der Waals surface area contributed by atoms with Gasteiger partial charge in [-0.1, -0.05) is 17.7 Å². The van der Waals surface area contributed by atoms with Gasteiger partial charge in [-0.25, -0.2) is 4.39 Å². The van der Waals surface area contributed by atoms with E-state index in [4.69, 9.17) is 11.6 Å². The first kappa shape index (κ1) is 16.7. The Labute approximate surface area is 140 Å². The molecule has 4 atom stereocenters. The highest BCUT2D eigenvalue weighted by Crippen LogP contribution is 2.37. The summed E-state index contributed by atoms with van der Waals surface area (Å²) in [6, 6.07) is 4.57. The summed E-state index contributed by atoms with van der Waals surface area (Å²) in [6.07, 6.45) is 0.946. The fourth-order valence-electron chi connectivity index (χ4n) is 3.98. The summed E-state index contributed by atoms with van der Waals surface area (Å²) < 4.78 is 13.9. The molecule has 1 aliphatic carbocycles. The van der Waals surface area contributed by atoms with Crippen LogP contribution < -0.4 is 5.32 Å². The first-order valence-electron chi connectivity index (χ1n) is 8.04. The van der Waals surface area contributed by atoms with Crippen LogP contribution in [-0.2, 0) is 11.3 Å². The zero-order valence-corrected chi connectivity index (χ0v) is 13.9. The van der Waals surface area contributed by atoms with E-state index in [0.29, 0.717) is 35.4 Å². The SMILES string of the molecule is CC(=O)N[C@@H]1C[C@@H]2CN(Cc3c(F)cccc3Cl)C[C@@H]2C[C@H]1O. The minimum absolute atomic E-state index is 0.111. The number of hydrogen-bond donors (Lipinski definition) is 2. The molecule has 4 nitrogen and oxygen atoms in total. The Bertz CT molecular complexity index is 578. The second-order valence-corrected chi connectivity index (χ2v) is 7.17. The summed E-state index contributed by atoms with van der Waals surface area (Å²) in [5.41, 5.74) is 0.534. The molecule has 1 amide bonds. The molecule has 1 heterocycles. The third kappa shape index (κ3) is 3.67. The predicted octanol–water partition coefficient (Wildman–Crippen LogP) is 2.19. The molecule has 1 aliphatic heterocycles. The number of benzene rings is 1. The van der Waals surface area contributed by atoms with Crippen LogP contribution in [0.15, 0.2) is 18.2 Å². The lowest BCUT2D eigenvalue weighted by molar-refractivity contribution is -0.121. The first-order valence-corrected chi connectivity index (χ1v) is 8.42. The van der Waals surface area contributed by atoms with Crippen molar-refractivity contribution in [3.8, 4) is 0 Å². The van der Waals surface area contributed by atoms with E-state index in [1.165, 1.54) is 13.0 Å². The molecule has 3 rings (SSSR count). The van der Waals surface area contributed by atoms with Crippen LogP contribution in [0.1, 0.15) is 25.3 Å². The van der Waals surface area contributed by atoms with Gasteiger partial charge in [0, 0.05) is 37.1 Å². The quantitative estimate of drug-likeness (QED) is 0.887. The van der Waals surface area contributed by atoms with Gasteiger partial charge < -0.3 is 10.4 Å². The minimum atomic E-state index is -0.503. The van der Waals surface area contributed by atoms with Gasteiger partial charge in [0.05, 0.1) is 12.1 Å². The maximum absolute atomic E-state index is 13.9. The molecule has 0 unspecified atom stereocenters. The molecule has 1 aromatic rings. The molecule has 0 bridgehead atoms. The van der Waals surface area contributed by atoms with E-state index < -0.39 is 6.10 Å². The van der Waals surface area contributed by atoms with Gasteiger partial charge in [-0.05, 0) is 36.8 Å². The number of hydrogen-bond acceptors (Lipinski definition) is 3. The molecule has 2 fully saturated rings. The van der Waals surface area contributed by atoms with Gasteiger partial charge in [0.2, 0.25) is 5.91 Å². The van der Waals surface area contributed by atoms with E-state index in [-0.39, 0.29) is 17.8 Å². The number of amides is 1. The van der Waals surface area contributed by atoms with Crippen LogP contribution in [0.4, 0.5) is 4.39 Å². The van der Waals surface area contributed by atoms with Crippen molar-refractivity contribution in [2.45, 2.75) is 38.5 Å². The third-order valence-corrected chi connectivity index (χ3v) is 5.40. The average Bonchev–Trinajstić information content (AvgIpc) is 2.84. The molecular weight excluding hydrogens is 319 g/mol. The largest absolute Gasteiger partial charge is 0.391 e. The van der Waals surface area contributed by atoms with Crippen molar-refractivity contribution in [3.63, 3.8) is 0 Å². The van der Waals surface area contributed by atoms with Crippen LogP contribution >= 0.6 is 11.6 Å². The summed E-state index contributed by atoms with van der Waals surface area (Å²) in [5.74, 6) is 0.422. The fraction of sp³-hybridized carbons (Fsp3) is 0.588. The van der Waals surface area contributed by atoms with Gasteiger partial charge in [0.1, 0.15) is 5.82 Å². The van der Waals surface area contributed by atoms with E-state index in [1.807, 2.05) is 0 Å². The molecular formula is C17H22ClFN2O2. The number of nitrogens with one attached hydrogen (secondary N) is 1. The molecule has 0 spiro atoms. The number of aliphatic hydroxyl groups is 1. The Hall–Kier alpha value is -1.17. The van der Waals surface area contributed by atoms with Gasteiger partial charge in [0.15, 0.2) is 0 Å². The third-order valence-electron chi connectivity index (χ3n) is 5.05. The molecule has 1 saturated carbocycles. The summed E-state index contributed by atoms with van der Waals surface area (Å²) in [7, 11) is 0. The van der Waals surface area contributed by atoms with Crippen molar-refractivity contribution in [1.29, 1.82) is 0 Å². The highest BCUT2D eigenvalue weighted by atomic mass is 35.5. The van der Waals surface area contributed by atoms with E-state index >= 15 is 0 Å². The van der Waals surface area contributed by atoms with Crippen molar-refractivity contribution in [3.05, 3.63) is 34.6 Å². The zero-order valence-electron chi connectivity index (χ0n) is 13.1. The van der Waals surface area contributed by atoms with E-state index in [0.717, 1.165) is 19.5 Å². The van der Waals surface area contributed by atoms with Crippen molar-refractivity contribution in [2.75, 3.05) is 13.1 Å². The Morgan fingerprint density at radius 2 is 2.09 bits per heavy atom. The van der Waals surface area contributed by atoms with Gasteiger partial charge in [0.25, 0.3) is 0 Å². The molecule has 0 radical (unpaired) electrons. The monoisotopic (exact) mass is 340 g/mol. The standard InChI is InChI=1S/C17H22ClFN2O2/c1-10(22)20-16-5-11-7-21(8-12(11)6-17(16)23)9-13-14(18)3-2-4-15(13)19/h2-4,11-12,16-17,23H,5-9H2,1H3,(H,20,22)/t11-,12+,16-,17-/m1/s1. The van der Waals surface area contributed by atoms with Gasteiger partial charge in [-0.2, -0.15) is 0 Å². The highest BCUT2D eigenvalue weighted by molar-refractivity contribution is 6.31. The Morgan fingerprint density at radius 1 is 1.39 bits per heavy atom. The van der Waals surface area contributed by atoms with Crippen molar-refractivity contribution < 1.29 is 14.3 Å². The molecule has 6 heteroatoms. The van der Waals surface area contributed by atoms with Crippen LogP contribution in [0.25, 0.3) is 0 Å². The number of carbonyl (C=O) groups is 1. The van der Waals surface area contributed by atoms with Gasteiger partial charge in [-0.15, -0.1) is 0 Å². The van der Waals surface area contributed by atoms with Crippen LogP contribution in [0.5, 0.6) is 0 Å². The van der Waals surface area contributed by atoms with Crippen LogP contribution in [0.2, 0.25) is 5.02 Å². The maximum atomic E-state index is 13.9. The molecule has 1 aromatic carbocycles. The maximum Gasteiger partial charge on any atom is 0.217 e. The summed E-state index contributed by atoms with van der Waals surface area (Å²) in [6.45, 7) is 3.64. The number of halogens is 2. The average molecular weight is 341 g/mol. The smallest absolute Gasteiger partial charge is 0.217 e. The fourth-order valence-corrected chi connectivity index (χ4v) is 4.20. The Kier molecular flexibility index (Phi) is 4.90. The number of likely N-dealkylation sites (tertiary alicyclic amines) is 1. The lowest BCUT2D eigenvalue weighted by atomic mass is 9.77. The predicted molar refractivity (Wildman–Crippen MR) is 86.5 cm³/mol. The number of nitrogens with zero attached hydrogens (tertiary/aromatic N) is 1. The van der Waals surface area contributed by atoms with E-state index in [2.05, 4.69) is 10.2 Å². The summed E-state index contributed by atoms with van der Waals surface area (Å²) in [5, 5.41) is 13.5. The molecule has 2 N–H and O–H groups in total. The van der Waals surface area contributed by atoms with Crippen LogP contribution in [0, 0.1) is 17.7 Å². The van der Waals surface area contributed by atoms with Crippen molar-refractivity contribution in [2.24, 2.45) is 11.8 Å². The lowest BCUT2D eigenvalue weighted by Gasteiger charge is -2.35. The zero-order chi connectivity index (χ0) is 16.6. The lowest BCUT2D eigenvalue weighted by Crippen LogP contribution is -2.48. The normalized spacial score (nSPS) is 31.0. The second-order valence-electron chi connectivity index (χ2n) is 6.76. The van der Waals surface area contributed by atoms with E-state index in [1.54, 1.807) is 12.1 Å². The molecule has 0 aromatic heterocycles. The highest BCUT2D eigenvalue weighted by Gasteiger charge is 2.42. The summed E-state index contributed by atoms with van der Waals surface area (Å²) in [4.78, 5) is 13.4. The number of carbonyl (C=O) groups excluding carboxylic acids is 1. The van der Waals surface area contributed by atoms with Crippen molar-refractivity contribution >= 4 is 17.5 Å². The summed E-state index contributed by atoms with van der Waals surface area (Å²) >= 11 is 6.11. The number of rotatable bonds is 3. The first-order chi connectivity index (χ1) is 10.9. The minimum Gasteiger partial charge on any atom is -0.391 e. The Balaban J connectivity index is 1.65. The van der Waals surface area contributed by atoms with Crippen molar-refractivity contribution in [1.82, 2.24) is 10.2 Å². The second kappa shape index (κ2) is 6.75. The Morgan fingerprint density at radius 3 is 2.74 bits per heavy atom. The van der Waals surface area contributed by atoms with E-state index in [9.17, 15) is 14.3 Å². The molecule has 2 aliphatic rings. The molecule has 1 saturated heterocycles. The van der Waals surface area contributed by atoms with Crippen LogP contribution in [0.3, 0.4) is 0 Å². The van der Waals surface area contributed by atoms with Gasteiger partial charge >= 0.3 is 0 Å². The topological polar surface area (TPSA) is 52.6 Å². The molecule has 23 heavy (non-hydrogen) atoms. The number of aliphatic hydroxyl groups excluding tert-OH is 1. The number of fused-ring (bicyclic) bond motifs is 1. The van der Waals surface area contributed by atoms with Gasteiger partial charge in [-0.3, -0.25) is 9.69 Å². The molecule has 126 valence electrons. The van der Waals surface area contributed by atoms with Crippen LogP contribution in [-0.4, -0.2) is 41.1 Å².